The number of amides is 1. The number of carbonyl (C=O) groups is 2. The maximum Gasteiger partial charge on any atom is 0.354 e. The lowest BCUT2D eigenvalue weighted by molar-refractivity contribution is -0.120. The fourth-order valence-electron chi connectivity index (χ4n) is 1.41. The van der Waals surface area contributed by atoms with Crippen LogP contribution in [0.4, 0.5) is 0 Å². The van der Waals surface area contributed by atoms with Gasteiger partial charge in [0.25, 0.3) is 0 Å². The van der Waals surface area contributed by atoms with Gasteiger partial charge in [-0.15, -0.1) is 0 Å². The zero-order valence-corrected chi connectivity index (χ0v) is 10.7. The summed E-state index contributed by atoms with van der Waals surface area (Å²) in [5.41, 5.74) is 1.24. The maximum atomic E-state index is 11.3. The second-order valence-corrected chi connectivity index (χ2v) is 3.84. The zero-order chi connectivity index (χ0) is 13.4. The molecule has 0 spiro atoms. The first-order valence-corrected chi connectivity index (χ1v) is 5.91. The first-order valence-electron chi connectivity index (χ1n) is 5.91. The molecule has 18 heavy (non-hydrogen) atoms. The van der Waals surface area contributed by atoms with E-state index < -0.39 is 5.97 Å². The second-order valence-electron chi connectivity index (χ2n) is 3.84. The van der Waals surface area contributed by atoms with Crippen molar-refractivity contribution in [3.63, 3.8) is 0 Å². The molecule has 0 saturated heterocycles. The summed E-state index contributed by atoms with van der Waals surface area (Å²) in [5, 5.41) is 5.75. The predicted octanol–water partition coefficient (Wildman–Crippen LogP) is 0.417. The normalized spacial score (nSPS) is 10.1. The molecule has 6 nitrogen and oxygen atoms in total. The summed E-state index contributed by atoms with van der Waals surface area (Å²) < 4.78 is 4.58. The Morgan fingerprint density at radius 2 is 2.17 bits per heavy atom. The van der Waals surface area contributed by atoms with Crippen LogP contribution in [0.2, 0.25) is 0 Å². The molecule has 0 aromatic carbocycles. The Bertz CT molecular complexity index is 401. The molecule has 0 bridgehead atoms. The number of hydrogen-bond acceptors (Lipinski definition) is 4. The van der Waals surface area contributed by atoms with Gasteiger partial charge in [0.05, 0.1) is 13.7 Å². The fraction of sp³-hybridized carbons (Fsp3) is 0.500. The molecule has 1 amide bonds. The number of carbonyl (C=O) groups excluding carboxylic acids is 2. The van der Waals surface area contributed by atoms with E-state index in [0.29, 0.717) is 18.8 Å². The first kappa shape index (κ1) is 14.2. The van der Waals surface area contributed by atoms with Gasteiger partial charge in [-0.2, -0.15) is 0 Å². The van der Waals surface area contributed by atoms with Crippen molar-refractivity contribution in [2.75, 3.05) is 20.2 Å². The van der Waals surface area contributed by atoms with E-state index in [1.54, 1.807) is 12.1 Å². The number of aromatic nitrogens is 1. The summed E-state index contributed by atoms with van der Waals surface area (Å²) >= 11 is 0. The molecule has 100 valence electrons. The van der Waals surface area contributed by atoms with Crippen LogP contribution in [0.1, 0.15) is 29.5 Å². The number of rotatable bonds is 7. The monoisotopic (exact) mass is 253 g/mol. The van der Waals surface area contributed by atoms with E-state index in [2.05, 4.69) is 20.4 Å². The highest BCUT2D eigenvalue weighted by molar-refractivity contribution is 5.87. The summed E-state index contributed by atoms with van der Waals surface area (Å²) in [4.78, 5) is 25.4. The number of hydrogen-bond donors (Lipinski definition) is 3. The Morgan fingerprint density at radius 3 is 2.83 bits per heavy atom. The van der Waals surface area contributed by atoms with E-state index in [-0.39, 0.29) is 12.5 Å². The Labute approximate surface area is 106 Å². The van der Waals surface area contributed by atoms with Gasteiger partial charge in [0, 0.05) is 18.8 Å². The first-order chi connectivity index (χ1) is 8.67. The molecule has 0 radical (unpaired) electrons. The van der Waals surface area contributed by atoms with Crippen LogP contribution < -0.4 is 10.6 Å². The van der Waals surface area contributed by atoms with Crippen molar-refractivity contribution < 1.29 is 14.3 Å². The predicted molar refractivity (Wildman–Crippen MR) is 67.1 cm³/mol. The van der Waals surface area contributed by atoms with Gasteiger partial charge in [-0.05, 0) is 18.6 Å². The average molecular weight is 253 g/mol. The molecule has 0 atom stereocenters. The van der Waals surface area contributed by atoms with Crippen molar-refractivity contribution in [1.29, 1.82) is 0 Å². The minimum Gasteiger partial charge on any atom is -0.464 e. The standard InChI is InChI=1S/C12H19N3O3/c1-3-6-14-11(16)8-13-7-9-4-5-10(15-9)12(17)18-2/h4-5,13,15H,3,6-8H2,1-2H3,(H,14,16). The van der Waals surface area contributed by atoms with E-state index in [4.69, 9.17) is 0 Å². The molecule has 0 unspecified atom stereocenters. The molecule has 1 aromatic rings. The molecule has 0 aliphatic rings. The van der Waals surface area contributed by atoms with Crippen LogP contribution in [-0.2, 0) is 16.1 Å². The largest absolute Gasteiger partial charge is 0.464 e. The highest BCUT2D eigenvalue weighted by atomic mass is 16.5. The van der Waals surface area contributed by atoms with Crippen molar-refractivity contribution in [3.05, 3.63) is 23.5 Å². The van der Waals surface area contributed by atoms with Crippen LogP contribution in [0.25, 0.3) is 0 Å². The third kappa shape index (κ3) is 4.58. The molecule has 6 heteroatoms. The van der Waals surface area contributed by atoms with Gasteiger partial charge < -0.3 is 20.4 Å². The lowest BCUT2D eigenvalue weighted by atomic mass is 10.4. The van der Waals surface area contributed by atoms with Crippen molar-refractivity contribution >= 4 is 11.9 Å². The number of ether oxygens (including phenoxy) is 1. The summed E-state index contributed by atoms with van der Waals surface area (Å²) in [7, 11) is 1.33. The molecule has 0 aliphatic carbocycles. The van der Waals surface area contributed by atoms with Gasteiger partial charge in [-0.3, -0.25) is 4.79 Å². The summed E-state index contributed by atoms with van der Waals surface area (Å²) in [6, 6.07) is 3.43. The highest BCUT2D eigenvalue weighted by Gasteiger charge is 2.07. The van der Waals surface area contributed by atoms with E-state index >= 15 is 0 Å². The average Bonchev–Trinajstić information content (AvgIpc) is 2.84. The summed E-state index contributed by atoms with van der Waals surface area (Å²) in [6.07, 6.45) is 0.921. The molecule has 3 N–H and O–H groups in total. The molecule has 1 aromatic heterocycles. The Hall–Kier alpha value is -1.82. The zero-order valence-electron chi connectivity index (χ0n) is 10.7. The number of esters is 1. The van der Waals surface area contributed by atoms with Crippen LogP contribution in [0.3, 0.4) is 0 Å². The molecular weight excluding hydrogens is 234 g/mol. The van der Waals surface area contributed by atoms with Crippen molar-refractivity contribution in [2.45, 2.75) is 19.9 Å². The van der Waals surface area contributed by atoms with E-state index in [1.165, 1.54) is 7.11 Å². The van der Waals surface area contributed by atoms with Gasteiger partial charge >= 0.3 is 5.97 Å². The lowest BCUT2D eigenvalue weighted by Gasteiger charge is -2.04. The van der Waals surface area contributed by atoms with Crippen LogP contribution in [0.15, 0.2) is 12.1 Å². The van der Waals surface area contributed by atoms with Crippen LogP contribution in [0, 0.1) is 0 Å². The Morgan fingerprint density at radius 1 is 1.39 bits per heavy atom. The molecule has 1 rings (SSSR count). The minimum absolute atomic E-state index is 0.0309. The third-order valence-corrected chi connectivity index (χ3v) is 2.32. The van der Waals surface area contributed by atoms with Crippen molar-refractivity contribution in [2.24, 2.45) is 0 Å². The van der Waals surface area contributed by atoms with E-state index in [9.17, 15) is 9.59 Å². The quantitative estimate of drug-likeness (QED) is 0.615. The van der Waals surface area contributed by atoms with Gasteiger partial charge in [0.2, 0.25) is 5.91 Å². The SMILES string of the molecule is CCCNC(=O)CNCc1ccc(C(=O)OC)[nH]1. The van der Waals surface area contributed by atoms with Crippen molar-refractivity contribution in [3.8, 4) is 0 Å². The van der Waals surface area contributed by atoms with Gasteiger partial charge in [-0.1, -0.05) is 6.92 Å². The third-order valence-electron chi connectivity index (χ3n) is 2.32. The molecule has 1 heterocycles. The highest BCUT2D eigenvalue weighted by Crippen LogP contribution is 2.02. The van der Waals surface area contributed by atoms with Gasteiger partial charge in [0.1, 0.15) is 5.69 Å². The molecular formula is C12H19N3O3. The summed E-state index contributed by atoms with van der Waals surface area (Å²) in [5.74, 6) is -0.432. The van der Waals surface area contributed by atoms with Gasteiger partial charge in [0.15, 0.2) is 0 Å². The van der Waals surface area contributed by atoms with E-state index in [1.807, 2.05) is 6.92 Å². The smallest absolute Gasteiger partial charge is 0.354 e. The molecule has 0 saturated carbocycles. The Kier molecular flexibility index (Phi) is 5.93. The Balaban J connectivity index is 2.29. The molecule has 0 aliphatic heterocycles. The fourth-order valence-corrected chi connectivity index (χ4v) is 1.41. The van der Waals surface area contributed by atoms with Crippen LogP contribution in [-0.4, -0.2) is 37.1 Å². The molecule has 0 fully saturated rings. The minimum atomic E-state index is -0.401. The number of H-pyrrole nitrogens is 1. The van der Waals surface area contributed by atoms with Crippen molar-refractivity contribution in [1.82, 2.24) is 15.6 Å². The number of nitrogens with one attached hydrogen (secondary N) is 3. The van der Waals surface area contributed by atoms with Crippen LogP contribution >= 0.6 is 0 Å². The topological polar surface area (TPSA) is 83.2 Å². The number of methoxy groups -OCH3 is 1. The van der Waals surface area contributed by atoms with Crippen LogP contribution in [0.5, 0.6) is 0 Å². The number of aromatic amines is 1. The maximum absolute atomic E-state index is 11.3. The van der Waals surface area contributed by atoms with E-state index in [0.717, 1.165) is 12.1 Å². The lowest BCUT2D eigenvalue weighted by Crippen LogP contribution is -2.34. The second kappa shape index (κ2) is 7.50. The van der Waals surface area contributed by atoms with Gasteiger partial charge in [-0.25, -0.2) is 4.79 Å². The summed E-state index contributed by atoms with van der Waals surface area (Å²) in [6.45, 7) is 3.44.